The zero-order valence-corrected chi connectivity index (χ0v) is 12.8. The molecule has 3 nitrogen and oxygen atoms in total. The van der Waals surface area contributed by atoms with Gasteiger partial charge in [0, 0.05) is 50.0 Å². The Labute approximate surface area is 126 Å². The predicted octanol–water partition coefficient (Wildman–Crippen LogP) is 2.46. The highest BCUT2D eigenvalue weighted by Crippen LogP contribution is 2.27. The van der Waals surface area contributed by atoms with Crippen molar-refractivity contribution in [2.75, 3.05) is 50.7 Å². The van der Waals surface area contributed by atoms with Crippen LogP contribution in [-0.4, -0.2) is 50.7 Å². The lowest BCUT2D eigenvalue weighted by Crippen LogP contribution is -2.48. The summed E-state index contributed by atoms with van der Waals surface area (Å²) in [4.78, 5) is 5.01. The van der Waals surface area contributed by atoms with Crippen molar-refractivity contribution < 1.29 is 0 Å². The molecule has 1 saturated carbocycles. The van der Waals surface area contributed by atoms with E-state index in [1.54, 1.807) is 0 Å². The molecule has 2 aliphatic rings. The van der Waals surface area contributed by atoms with Gasteiger partial charge in [0.15, 0.2) is 0 Å². The Bertz CT molecular complexity index is 408. The van der Waals surface area contributed by atoms with E-state index in [2.05, 4.69) is 27.2 Å². The van der Waals surface area contributed by atoms with E-state index in [0.29, 0.717) is 0 Å². The van der Waals surface area contributed by atoms with Crippen LogP contribution in [0.25, 0.3) is 0 Å². The van der Waals surface area contributed by atoms with Gasteiger partial charge >= 0.3 is 0 Å². The van der Waals surface area contributed by atoms with Crippen molar-refractivity contribution in [1.82, 2.24) is 10.2 Å². The lowest BCUT2D eigenvalue weighted by molar-refractivity contribution is 0.257. The number of halogens is 1. The van der Waals surface area contributed by atoms with Gasteiger partial charge in [0.05, 0.1) is 0 Å². The van der Waals surface area contributed by atoms with Gasteiger partial charge in [-0.25, -0.2) is 0 Å². The molecule has 3 rings (SSSR count). The highest BCUT2D eigenvalue weighted by Gasteiger charge is 2.20. The average molecular weight is 294 g/mol. The molecule has 0 bridgehead atoms. The van der Waals surface area contributed by atoms with E-state index in [-0.39, 0.29) is 0 Å². The molecule has 1 heterocycles. The van der Waals surface area contributed by atoms with Crippen LogP contribution in [0.4, 0.5) is 5.69 Å². The molecule has 110 valence electrons. The van der Waals surface area contributed by atoms with Crippen molar-refractivity contribution in [3.05, 3.63) is 29.3 Å². The number of nitrogens with zero attached hydrogens (tertiary/aromatic N) is 2. The number of benzene rings is 1. The number of hydrogen-bond donors (Lipinski definition) is 1. The van der Waals surface area contributed by atoms with Crippen molar-refractivity contribution in [3.8, 4) is 0 Å². The molecule has 20 heavy (non-hydrogen) atoms. The maximum absolute atomic E-state index is 5.94. The van der Waals surface area contributed by atoms with Crippen molar-refractivity contribution >= 4 is 17.3 Å². The summed E-state index contributed by atoms with van der Waals surface area (Å²) in [5.74, 6) is 0.983. The summed E-state index contributed by atoms with van der Waals surface area (Å²) in [6, 6.07) is 8.19. The zero-order valence-electron chi connectivity index (χ0n) is 12.0. The van der Waals surface area contributed by atoms with Crippen LogP contribution in [-0.2, 0) is 0 Å². The first-order chi connectivity index (χ1) is 9.81. The highest BCUT2D eigenvalue weighted by atomic mass is 35.5. The van der Waals surface area contributed by atoms with Gasteiger partial charge in [0.25, 0.3) is 0 Å². The van der Waals surface area contributed by atoms with Crippen LogP contribution in [0.5, 0.6) is 0 Å². The Morgan fingerprint density at radius 2 is 1.75 bits per heavy atom. The standard InChI is InChI=1S/C16H24ClN3/c17-15-3-5-16(6-4-15)20-11-9-19(10-12-20)8-7-18-13-14-1-2-14/h3-6,14,18H,1-2,7-13H2. The SMILES string of the molecule is Clc1ccc(N2CCN(CCNCC3CC3)CC2)cc1. The molecule has 2 fully saturated rings. The maximum Gasteiger partial charge on any atom is 0.0407 e. The monoisotopic (exact) mass is 293 g/mol. The first-order valence-corrected chi connectivity index (χ1v) is 8.12. The van der Waals surface area contributed by atoms with Gasteiger partial charge in [0.1, 0.15) is 0 Å². The fraction of sp³-hybridized carbons (Fsp3) is 0.625. The van der Waals surface area contributed by atoms with Crippen LogP contribution in [0, 0.1) is 5.92 Å². The van der Waals surface area contributed by atoms with E-state index in [1.165, 1.54) is 31.6 Å². The number of rotatable bonds is 6. The molecule has 0 amide bonds. The van der Waals surface area contributed by atoms with E-state index in [4.69, 9.17) is 11.6 Å². The molecule has 4 heteroatoms. The number of hydrogen-bond acceptors (Lipinski definition) is 3. The lowest BCUT2D eigenvalue weighted by atomic mass is 10.2. The predicted molar refractivity (Wildman–Crippen MR) is 85.7 cm³/mol. The molecule has 0 radical (unpaired) electrons. The molecular formula is C16H24ClN3. The minimum Gasteiger partial charge on any atom is -0.369 e. The quantitative estimate of drug-likeness (QED) is 0.813. The minimum atomic E-state index is 0.814. The van der Waals surface area contributed by atoms with Gasteiger partial charge in [-0.1, -0.05) is 11.6 Å². The molecule has 1 aliphatic heterocycles. The van der Waals surface area contributed by atoms with Crippen LogP contribution in [0.1, 0.15) is 12.8 Å². The van der Waals surface area contributed by atoms with E-state index in [1.807, 2.05) is 12.1 Å². The molecule has 0 spiro atoms. The molecule has 1 N–H and O–H groups in total. The van der Waals surface area contributed by atoms with Crippen LogP contribution >= 0.6 is 11.6 Å². The van der Waals surface area contributed by atoms with Crippen LogP contribution in [0.15, 0.2) is 24.3 Å². The van der Waals surface area contributed by atoms with Gasteiger partial charge in [-0.3, -0.25) is 4.90 Å². The summed E-state index contributed by atoms with van der Waals surface area (Å²) in [7, 11) is 0. The van der Waals surface area contributed by atoms with Gasteiger partial charge in [-0.15, -0.1) is 0 Å². The third kappa shape index (κ3) is 4.11. The van der Waals surface area contributed by atoms with E-state index >= 15 is 0 Å². The molecular weight excluding hydrogens is 270 g/mol. The second-order valence-electron chi connectivity index (χ2n) is 5.95. The average Bonchev–Trinajstić information content (AvgIpc) is 3.29. The van der Waals surface area contributed by atoms with Gasteiger partial charge < -0.3 is 10.2 Å². The topological polar surface area (TPSA) is 18.5 Å². The zero-order chi connectivity index (χ0) is 13.8. The minimum absolute atomic E-state index is 0.814. The Morgan fingerprint density at radius 1 is 1.05 bits per heavy atom. The summed E-state index contributed by atoms with van der Waals surface area (Å²) in [6.45, 7) is 8.10. The Morgan fingerprint density at radius 3 is 2.40 bits per heavy atom. The second kappa shape index (κ2) is 6.79. The molecule has 1 aromatic rings. The van der Waals surface area contributed by atoms with Gasteiger partial charge in [0.2, 0.25) is 0 Å². The lowest BCUT2D eigenvalue weighted by Gasteiger charge is -2.36. The largest absolute Gasteiger partial charge is 0.369 e. The van der Waals surface area contributed by atoms with E-state index in [0.717, 1.165) is 43.7 Å². The first-order valence-electron chi connectivity index (χ1n) is 7.75. The van der Waals surface area contributed by atoms with Crippen LogP contribution in [0.2, 0.25) is 5.02 Å². The molecule has 1 aliphatic carbocycles. The maximum atomic E-state index is 5.94. The first kappa shape index (κ1) is 14.2. The third-order valence-corrected chi connectivity index (χ3v) is 4.55. The fourth-order valence-electron chi connectivity index (χ4n) is 2.75. The highest BCUT2D eigenvalue weighted by molar-refractivity contribution is 6.30. The van der Waals surface area contributed by atoms with Crippen molar-refractivity contribution in [2.45, 2.75) is 12.8 Å². The van der Waals surface area contributed by atoms with E-state index < -0.39 is 0 Å². The summed E-state index contributed by atoms with van der Waals surface area (Å²) >= 11 is 5.94. The number of anilines is 1. The summed E-state index contributed by atoms with van der Waals surface area (Å²) in [5, 5.41) is 4.39. The van der Waals surface area contributed by atoms with Crippen molar-refractivity contribution in [1.29, 1.82) is 0 Å². The number of piperazine rings is 1. The Kier molecular flexibility index (Phi) is 4.81. The van der Waals surface area contributed by atoms with Gasteiger partial charge in [-0.2, -0.15) is 0 Å². The smallest absolute Gasteiger partial charge is 0.0407 e. The Hall–Kier alpha value is -0.770. The fourth-order valence-corrected chi connectivity index (χ4v) is 2.87. The van der Waals surface area contributed by atoms with Gasteiger partial charge in [-0.05, 0) is 49.6 Å². The van der Waals surface area contributed by atoms with Crippen LogP contribution < -0.4 is 10.2 Å². The van der Waals surface area contributed by atoms with Crippen molar-refractivity contribution in [3.63, 3.8) is 0 Å². The van der Waals surface area contributed by atoms with Crippen LogP contribution in [0.3, 0.4) is 0 Å². The van der Waals surface area contributed by atoms with E-state index in [9.17, 15) is 0 Å². The normalized spacial score (nSPS) is 20.4. The number of nitrogens with one attached hydrogen (secondary N) is 1. The molecule has 0 atom stereocenters. The van der Waals surface area contributed by atoms with Crippen molar-refractivity contribution in [2.24, 2.45) is 5.92 Å². The molecule has 1 saturated heterocycles. The Balaban J connectivity index is 1.36. The second-order valence-corrected chi connectivity index (χ2v) is 6.39. The molecule has 1 aromatic carbocycles. The molecule has 0 unspecified atom stereocenters. The summed E-state index contributed by atoms with van der Waals surface area (Å²) < 4.78 is 0. The third-order valence-electron chi connectivity index (χ3n) is 4.30. The molecule has 0 aromatic heterocycles. The summed E-state index contributed by atoms with van der Waals surface area (Å²) in [6.07, 6.45) is 2.87. The summed E-state index contributed by atoms with van der Waals surface area (Å²) in [5.41, 5.74) is 1.29.